The first kappa shape index (κ1) is 10.2. The van der Waals surface area contributed by atoms with Crippen molar-refractivity contribution in [3.63, 3.8) is 0 Å². The fraction of sp³-hybridized carbons (Fsp3) is 0.143. The molecular formula is C7H5ClN2O4S. The molecule has 2 aromatic rings. The van der Waals surface area contributed by atoms with E-state index in [0.717, 1.165) is 0 Å². The van der Waals surface area contributed by atoms with E-state index in [0.29, 0.717) is 5.75 Å². The summed E-state index contributed by atoms with van der Waals surface area (Å²) in [6.07, 6.45) is 0. The summed E-state index contributed by atoms with van der Waals surface area (Å²) in [7, 11) is 2.77. The number of methoxy groups -OCH3 is 1. The maximum atomic E-state index is 11.2. The van der Waals surface area contributed by atoms with E-state index in [9.17, 15) is 8.42 Å². The number of fused-ring (bicyclic) bond motifs is 1. The summed E-state index contributed by atoms with van der Waals surface area (Å²) in [5.41, 5.74) is 0.281. The van der Waals surface area contributed by atoms with Gasteiger partial charge in [-0.25, -0.2) is 13.0 Å². The minimum atomic E-state index is -3.87. The number of nitrogens with zero attached hydrogens (tertiary/aromatic N) is 2. The first-order chi connectivity index (χ1) is 7.04. The zero-order chi connectivity index (χ0) is 11.1. The van der Waals surface area contributed by atoms with Crippen LogP contribution in [0, 0.1) is 0 Å². The van der Waals surface area contributed by atoms with Gasteiger partial charge in [-0.15, -0.1) is 0 Å². The molecule has 0 aliphatic rings. The van der Waals surface area contributed by atoms with E-state index < -0.39 is 9.05 Å². The molecule has 0 bridgehead atoms. The normalized spacial score (nSPS) is 11.9. The highest BCUT2D eigenvalue weighted by Crippen LogP contribution is 2.29. The minimum absolute atomic E-state index is 0.0596. The van der Waals surface area contributed by atoms with Crippen LogP contribution in [0.15, 0.2) is 21.7 Å². The number of hydrogen-bond donors (Lipinski definition) is 0. The van der Waals surface area contributed by atoms with E-state index in [1.54, 1.807) is 0 Å². The Bertz CT molecular complexity index is 606. The molecule has 0 aliphatic carbocycles. The Balaban J connectivity index is 2.86. The van der Waals surface area contributed by atoms with Gasteiger partial charge in [0.25, 0.3) is 9.05 Å². The molecule has 1 aromatic heterocycles. The minimum Gasteiger partial charge on any atom is -0.494 e. The van der Waals surface area contributed by atoms with E-state index in [1.165, 1.54) is 19.2 Å². The average molecular weight is 249 g/mol. The lowest BCUT2D eigenvalue weighted by atomic mass is 10.3. The molecule has 0 spiro atoms. The summed E-state index contributed by atoms with van der Waals surface area (Å²) in [6.45, 7) is 0. The lowest BCUT2D eigenvalue weighted by Crippen LogP contribution is -1.94. The van der Waals surface area contributed by atoms with Gasteiger partial charge in [0.1, 0.15) is 10.6 Å². The first-order valence-electron chi connectivity index (χ1n) is 3.78. The van der Waals surface area contributed by atoms with Crippen LogP contribution in [0.2, 0.25) is 0 Å². The van der Waals surface area contributed by atoms with Crippen molar-refractivity contribution in [2.45, 2.75) is 4.90 Å². The first-order valence-corrected chi connectivity index (χ1v) is 6.09. The molecule has 0 fully saturated rings. The Labute approximate surface area is 89.2 Å². The number of aromatic nitrogens is 2. The van der Waals surface area contributed by atoms with Crippen LogP contribution in [-0.2, 0) is 9.05 Å². The number of halogens is 1. The Kier molecular flexibility index (Phi) is 2.28. The van der Waals surface area contributed by atoms with Gasteiger partial charge in [-0.05, 0) is 22.4 Å². The van der Waals surface area contributed by atoms with Crippen LogP contribution in [0.4, 0.5) is 0 Å². The third-order valence-corrected chi connectivity index (χ3v) is 3.18. The van der Waals surface area contributed by atoms with Crippen LogP contribution in [0.1, 0.15) is 0 Å². The second-order valence-electron chi connectivity index (χ2n) is 2.67. The van der Waals surface area contributed by atoms with Gasteiger partial charge >= 0.3 is 0 Å². The Morgan fingerprint density at radius 2 is 2.00 bits per heavy atom. The Morgan fingerprint density at radius 3 is 2.60 bits per heavy atom. The van der Waals surface area contributed by atoms with Crippen molar-refractivity contribution < 1.29 is 17.8 Å². The standard InChI is InChI=1S/C7H5ClN2O4S/c1-13-4-2-3-5(15(8,11)12)7-6(4)9-14-10-7/h2-3H,1H3. The second-order valence-corrected chi connectivity index (χ2v) is 5.20. The van der Waals surface area contributed by atoms with E-state index >= 15 is 0 Å². The summed E-state index contributed by atoms with van der Waals surface area (Å²) in [5.74, 6) is 0.371. The summed E-state index contributed by atoms with van der Waals surface area (Å²) < 4.78 is 31.7. The zero-order valence-corrected chi connectivity index (χ0v) is 9.04. The monoisotopic (exact) mass is 248 g/mol. The van der Waals surface area contributed by atoms with Crippen molar-refractivity contribution in [3.8, 4) is 5.75 Å². The van der Waals surface area contributed by atoms with Gasteiger partial charge in [0.2, 0.25) is 0 Å². The molecule has 15 heavy (non-hydrogen) atoms. The summed E-state index contributed by atoms with van der Waals surface area (Å²) in [6, 6.07) is 2.72. The van der Waals surface area contributed by atoms with Crippen LogP contribution in [0.3, 0.4) is 0 Å². The summed E-state index contributed by atoms with van der Waals surface area (Å²) in [4.78, 5) is -0.152. The molecule has 6 nitrogen and oxygen atoms in total. The molecule has 1 aromatic carbocycles. The van der Waals surface area contributed by atoms with E-state index in [2.05, 4.69) is 14.9 Å². The van der Waals surface area contributed by atoms with Crippen molar-refractivity contribution in [1.29, 1.82) is 0 Å². The van der Waals surface area contributed by atoms with Crippen molar-refractivity contribution in [3.05, 3.63) is 12.1 Å². The lowest BCUT2D eigenvalue weighted by molar-refractivity contribution is 0.313. The van der Waals surface area contributed by atoms with E-state index in [1.807, 2.05) is 0 Å². The number of benzene rings is 1. The molecule has 0 amide bonds. The molecule has 0 N–H and O–H groups in total. The molecule has 0 aliphatic heterocycles. The van der Waals surface area contributed by atoms with Crippen molar-refractivity contribution in [1.82, 2.24) is 10.3 Å². The molecule has 8 heteroatoms. The highest BCUT2D eigenvalue weighted by molar-refractivity contribution is 8.14. The second kappa shape index (κ2) is 3.35. The lowest BCUT2D eigenvalue weighted by Gasteiger charge is -2.00. The van der Waals surface area contributed by atoms with Crippen molar-refractivity contribution >= 4 is 30.8 Å². The molecule has 2 rings (SSSR count). The van der Waals surface area contributed by atoms with E-state index in [-0.39, 0.29) is 15.9 Å². The van der Waals surface area contributed by atoms with E-state index in [4.69, 9.17) is 15.4 Å². The van der Waals surface area contributed by atoms with Crippen LogP contribution in [0.5, 0.6) is 5.75 Å². The van der Waals surface area contributed by atoms with Gasteiger partial charge in [-0.2, -0.15) is 0 Å². The van der Waals surface area contributed by atoms with Crippen LogP contribution < -0.4 is 4.74 Å². The fourth-order valence-corrected chi connectivity index (χ4v) is 2.15. The Hall–Kier alpha value is -1.34. The van der Waals surface area contributed by atoms with Gasteiger partial charge in [0.15, 0.2) is 11.0 Å². The van der Waals surface area contributed by atoms with Crippen molar-refractivity contribution in [2.75, 3.05) is 7.11 Å². The number of ether oxygens (including phenoxy) is 1. The van der Waals surface area contributed by atoms with Gasteiger partial charge in [-0.1, -0.05) is 0 Å². The summed E-state index contributed by atoms with van der Waals surface area (Å²) >= 11 is 0. The average Bonchev–Trinajstić information content (AvgIpc) is 2.62. The number of hydrogen-bond acceptors (Lipinski definition) is 6. The third-order valence-electron chi connectivity index (χ3n) is 1.82. The predicted octanol–water partition coefficient (Wildman–Crippen LogP) is 1.16. The molecular weight excluding hydrogens is 244 g/mol. The van der Waals surface area contributed by atoms with Gasteiger partial charge in [0.05, 0.1) is 7.11 Å². The fourth-order valence-electron chi connectivity index (χ4n) is 1.18. The molecule has 0 saturated heterocycles. The maximum Gasteiger partial charge on any atom is 0.263 e. The Morgan fingerprint density at radius 1 is 1.33 bits per heavy atom. The van der Waals surface area contributed by atoms with Gasteiger partial charge in [-0.3, -0.25) is 0 Å². The molecule has 0 saturated carbocycles. The van der Waals surface area contributed by atoms with Crippen LogP contribution >= 0.6 is 10.7 Å². The summed E-state index contributed by atoms with van der Waals surface area (Å²) in [5, 5.41) is 6.99. The van der Waals surface area contributed by atoms with Crippen molar-refractivity contribution in [2.24, 2.45) is 0 Å². The van der Waals surface area contributed by atoms with Crippen LogP contribution in [-0.4, -0.2) is 25.8 Å². The highest BCUT2D eigenvalue weighted by atomic mass is 35.7. The van der Waals surface area contributed by atoms with Gasteiger partial charge in [0, 0.05) is 10.7 Å². The smallest absolute Gasteiger partial charge is 0.263 e. The molecule has 80 valence electrons. The third kappa shape index (κ3) is 1.64. The van der Waals surface area contributed by atoms with Crippen LogP contribution in [0.25, 0.3) is 11.0 Å². The maximum absolute atomic E-state index is 11.2. The largest absolute Gasteiger partial charge is 0.494 e. The van der Waals surface area contributed by atoms with Gasteiger partial charge < -0.3 is 4.74 Å². The number of rotatable bonds is 2. The SMILES string of the molecule is COc1ccc(S(=O)(=O)Cl)c2nonc12. The quantitative estimate of drug-likeness (QED) is 0.742. The molecule has 0 unspecified atom stereocenters. The molecule has 0 radical (unpaired) electrons. The predicted molar refractivity (Wildman–Crippen MR) is 51.4 cm³/mol. The highest BCUT2D eigenvalue weighted by Gasteiger charge is 2.20. The molecule has 0 atom stereocenters. The zero-order valence-electron chi connectivity index (χ0n) is 7.47. The molecule has 1 heterocycles. The topological polar surface area (TPSA) is 82.3 Å².